The van der Waals surface area contributed by atoms with Gasteiger partial charge in [-0.3, -0.25) is 4.98 Å². The van der Waals surface area contributed by atoms with E-state index >= 15 is 0 Å². The molecule has 0 spiro atoms. The molecule has 1 aromatic heterocycles. The van der Waals surface area contributed by atoms with Crippen molar-refractivity contribution in [2.24, 2.45) is 0 Å². The van der Waals surface area contributed by atoms with Gasteiger partial charge >= 0.3 is 0 Å². The van der Waals surface area contributed by atoms with Crippen LogP contribution in [0.15, 0.2) is 36.5 Å². The molecule has 0 aliphatic rings. The van der Waals surface area contributed by atoms with Crippen LogP contribution in [0.5, 0.6) is 0 Å². The van der Waals surface area contributed by atoms with Gasteiger partial charge in [0.1, 0.15) is 5.82 Å². The fourth-order valence-corrected chi connectivity index (χ4v) is 2.49. The lowest BCUT2D eigenvalue weighted by atomic mass is 10.0. The minimum Gasteiger partial charge on any atom is -0.310 e. The van der Waals surface area contributed by atoms with Crippen molar-refractivity contribution >= 4 is 11.6 Å². The summed E-state index contributed by atoms with van der Waals surface area (Å²) in [5, 5.41) is 3.62. The Bertz CT molecular complexity index is 584. The molecule has 1 aromatic carbocycles. The van der Waals surface area contributed by atoms with Crippen LogP contribution in [0, 0.1) is 12.7 Å². The predicted molar refractivity (Wildman–Crippen MR) is 85.1 cm³/mol. The molecule has 0 amide bonds. The Kier molecular flexibility index (Phi) is 5.71. The third-order valence-corrected chi connectivity index (χ3v) is 3.78. The minimum atomic E-state index is -0.380. The van der Waals surface area contributed by atoms with Crippen molar-refractivity contribution < 1.29 is 4.39 Å². The van der Waals surface area contributed by atoms with Crippen molar-refractivity contribution in [2.45, 2.75) is 32.7 Å². The molecule has 1 N–H and O–H groups in total. The van der Waals surface area contributed by atoms with Gasteiger partial charge in [0.2, 0.25) is 0 Å². The Labute approximate surface area is 130 Å². The van der Waals surface area contributed by atoms with Gasteiger partial charge in [0.15, 0.2) is 0 Å². The Morgan fingerprint density at radius 1 is 1.29 bits per heavy atom. The predicted octanol–water partition coefficient (Wildman–Crippen LogP) is 4.47. The molecule has 0 aliphatic heterocycles. The highest BCUT2D eigenvalue weighted by atomic mass is 35.5. The second kappa shape index (κ2) is 7.53. The van der Waals surface area contributed by atoms with Gasteiger partial charge in [-0.05, 0) is 43.1 Å². The molecule has 2 aromatic rings. The van der Waals surface area contributed by atoms with E-state index in [0.29, 0.717) is 6.42 Å². The first kappa shape index (κ1) is 15.9. The van der Waals surface area contributed by atoms with E-state index < -0.39 is 0 Å². The van der Waals surface area contributed by atoms with Crippen LogP contribution in [-0.2, 0) is 6.42 Å². The van der Waals surface area contributed by atoms with Gasteiger partial charge < -0.3 is 5.32 Å². The molecule has 1 atom stereocenters. The third-order valence-electron chi connectivity index (χ3n) is 3.38. The van der Waals surface area contributed by atoms with Crippen LogP contribution in [0.3, 0.4) is 0 Å². The van der Waals surface area contributed by atoms with Gasteiger partial charge in [-0.25, -0.2) is 4.39 Å². The Morgan fingerprint density at radius 2 is 2.10 bits per heavy atom. The van der Waals surface area contributed by atoms with E-state index in [1.165, 1.54) is 6.07 Å². The number of hydrogen-bond acceptors (Lipinski definition) is 2. The van der Waals surface area contributed by atoms with Crippen LogP contribution < -0.4 is 5.32 Å². The SMILES string of the molecule is CCCNC(Cc1ccc(C)cn1)c1cccc(F)c1Cl. The molecule has 0 radical (unpaired) electrons. The molecular formula is C17H20ClFN2. The topological polar surface area (TPSA) is 24.9 Å². The summed E-state index contributed by atoms with van der Waals surface area (Å²) in [5.41, 5.74) is 2.88. The molecule has 0 aliphatic carbocycles. The number of nitrogens with zero attached hydrogens (tertiary/aromatic N) is 1. The summed E-state index contributed by atoms with van der Waals surface area (Å²) in [6, 6.07) is 8.94. The summed E-state index contributed by atoms with van der Waals surface area (Å²) in [7, 11) is 0. The van der Waals surface area contributed by atoms with Gasteiger partial charge in [-0.1, -0.05) is 36.7 Å². The van der Waals surface area contributed by atoms with Crippen LogP contribution in [-0.4, -0.2) is 11.5 Å². The van der Waals surface area contributed by atoms with Gasteiger partial charge in [0.25, 0.3) is 0 Å². The molecule has 0 bridgehead atoms. The lowest BCUT2D eigenvalue weighted by Gasteiger charge is -2.20. The van der Waals surface area contributed by atoms with Gasteiger partial charge in [-0.15, -0.1) is 0 Å². The highest BCUT2D eigenvalue weighted by Gasteiger charge is 2.17. The van der Waals surface area contributed by atoms with Crippen molar-refractivity contribution in [1.82, 2.24) is 10.3 Å². The van der Waals surface area contributed by atoms with Crippen molar-refractivity contribution in [3.63, 3.8) is 0 Å². The second-order valence-corrected chi connectivity index (χ2v) is 5.56. The average molecular weight is 307 g/mol. The minimum absolute atomic E-state index is 0.0386. The van der Waals surface area contributed by atoms with Crippen LogP contribution >= 0.6 is 11.6 Å². The molecule has 0 fully saturated rings. The largest absolute Gasteiger partial charge is 0.310 e. The number of nitrogens with one attached hydrogen (secondary N) is 1. The molecule has 0 saturated carbocycles. The maximum Gasteiger partial charge on any atom is 0.142 e. The van der Waals surface area contributed by atoms with E-state index in [-0.39, 0.29) is 16.9 Å². The summed E-state index contributed by atoms with van der Waals surface area (Å²) in [6.07, 6.45) is 3.54. The summed E-state index contributed by atoms with van der Waals surface area (Å²) in [5.74, 6) is -0.380. The zero-order valence-corrected chi connectivity index (χ0v) is 13.1. The Hall–Kier alpha value is -1.45. The number of hydrogen-bond donors (Lipinski definition) is 1. The van der Waals surface area contributed by atoms with Gasteiger partial charge in [0.05, 0.1) is 5.02 Å². The fraction of sp³-hybridized carbons (Fsp3) is 0.353. The van der Waals surface area contributed by atoms with Gasteiger partial charge in [0, 0.05) is 24.4 Å². The molecule has 0 saturated heterocycles. The van der Waals surface area contributed by atoms with Crippen LogP contribution in [0.2, 0.25) is 5.02 Å². The zero-order valence-electron chi connectivity index (χ0n) is 12.4. The number of rotatable bonds is 6. The maximum absolute atomic E-state index is 13.7. The zero-order chi connectivity index (χ0) is 15.2. The molecular weight excluding hydrogens is 287 g/mol. The third kappa shape index (κ3) is 4.26. The van der Waals surface area contributed by atoms with E-state index in [1.54, 1.807) is 6.07 Å². The first-order valence-electron chi connectivity index (χ1n) is 7.20. The first-order chi connectivity index (χ1) is 10.1. The van der Waals surface area contributed by atoms with Crippen LogP contribution in [0.4, 0.5) is 4.39 Å². The summed E-state index contributed by atoms with van der Waals surface area (Å²) in [6.45, 7) is 4.96. The van der Waals surface area contributed by atoms with Crippen molar-refractivity contribution in [2.75, 3.05) is 6.54 Å². The molecule has 112 valence electrons. The second-order valence-electron chi connectivity index (χ2n) is 5.18. The number of benzene rings is 1. The molecule has 2 nitrogen and oxygen atoms in total. The Morgan fingerprint density at radius 3 is 2.76 bits per heavy atom. The normalized spacial score (nSPS) is 12.4. The number of pyridine rings is 1. The molecule has 1 unspecified atom stereocenters. The molecule has 4 heteroatoms. The summed E-state index contributed by atoms with van der Waals surface area (Å²) in [4.78, 5) is 4.43. The molecule has 1 heterocycles. The molecule has 2 rings (SSSR count). The van der Waals surface area contributed by atoms with E-state index in [4.69, 9.17) is 11.6 Å². The smallest absolute Gasteiger partial charge is 0.142 e. The standard InChI is InChI=1S/C17H20ClFN2/c1-3-9-20-16(10-13-8-7-12(2)11-21-13)14-5-4-6-15(19)17(14)18/h4-8,11,16,20H,3,9-10H2,1-2H3. The monoisotopic (exact) mass is 306 g/mol. The van der Waals surface area contributed by atoms with E-state index in [9.17, 15) is 4.39 Å². The Balaban J connectivity index is 2.25. The summed E-state index contributed by atoms with van der Waals surface area (Å²) < 4.78 is 13.7. The number of aromatic nitrogens is 1. The first-order valence-corrected chi connectivity index (χ1v) is 7.58. The highest BCUT2D eigenvalue weighted by Crippen LogP contribution is 2.27. The highest BCUT2D eigenvalue weighted by molar-refractivity contribution is 6.31. The van der Waals surface area contributed by atoms with Crippen molar-refractivity contribution in [1.29, 1.82) is 0 Å². The quantitative estimate of drug-likeness (QED) is 0.852. The van der Waals surface area contributed by atoms with Gasteiger partial charge in [-0.2, -0.15) is 0 Å². The molecule has 21 heavy (non-hydrogen) atoms. The lowest BCUT2D eigenvalue weighted by Crippen LogP contribution is -2.25. The lowest BCUT2D eigenvalue weighted by molar-refractivity contribution is 0.520. The van der Waals surface area contributed by atoms with Crippen LogP contribution in [0.25, 0.3) is 0 Å². The van der Waals surface area contributed by atoms with E-state index in [1.807, 2.05) is 31.3 Å². The van der Waals surface area contributed by atoms with E-state index in [0.717, 1.165) is 29.8 Å². The summed E-state index contributed by atoms with van der Waals surface area (Å²) >= 11 is 6.12. The van der Waals surface area contributed by atoms with Crippen LogP contribution in [0.1, 0.15) is 36.2 Å². The van der Waals surface area contributed by atoms with E-state index in [2.05, 4.69) is 17.2 Å². The fourth-order valence-electron chi connectivity index (χ4n) is 2.23. The number of aryl methyl sites for hydroxylation is 1. The van der Waals surface area contributed by atoms with Crippen molar-refractivity contribution in [3.8, 4) is 0 Å². The average Bonchev–Trinajstić information content (AvgIpc) is 2.48. The van der Waals surface area contributed by atoms with Crippen molar-refractivity contribution in [3.05, 3.63) is 64.2 Å². The maximum atomic E-state index is 13.7. The number of halogens is 2.